The molecule has 28 heavy (non-hydrogen) atoms. The molecule has 0 bridgehead atoms. The van der Waals surface area contributed by atoms with Crippen LogP contribution in [0, 0.1) is 5.82 Å². The monoisotopic (exact) mass is 381 g/mol. The largest absolute Gasteiger partial charge is 0.351 e. The van der Waals surface area contributed by atoms with E-state index in [4.69, 9.17) is 4.52 Å². The zero-order valence-electron chi connectivity index (χ0n) is 15.2. The first-order chi connectivity index (χ1) is 13.7. The smallest absolute Gasteiger partial charge is 0.244 e. The molecule has 7 nitrogen and oxygen atoms in total. The van der Waals surface area contributed by atoms with Crippen molar-refractivity contribution in [3.05, 3.63) is 66.1 Å². The van der Waals surface area contributed by atoms with Gasteiger partial charge in [-0.2, -0.15) is 4.98 Å². The van der Waals surface area contributed by atoms with E-state index in [2.05, 4.69) is 20.4 Å². The van der Waals surface area contributed by atoms with E-state index < -0.39 is 0 Å². The molecular formula is C20H20FN5O2. The Kier molecular flexibility index (Phi) is 5.38. The van der Waals surface area contributed by atoms with Crippen LogP contribution in [0.4, 0.5) is 4.39 Å². The summed E-state index contributed by atoms with van der Waals surface area (Å²) in [5, 5.41) is 6.82. The molecule has 0 saturated carbocycles. The van der Waals surface area contributed by atoms with E-state index in [9.17, 15) is 9.18 Å². The molecule has 2 aromatic heterocycles. The van der Waals surface area contributed by atoms with Gasteiger partial charge >= 0.3 is 0 Å². The van der Waals surface area contributed by atoms with Gasteiger partial charge in [-0.15, -0.1) is 0 Å². The Balaban J connectivity index is 1.38. The second kappa shape index (κ2) is 8.26. The molecule has 1 fully saturated rings. The lowest BCUT2D eigenvalue weighted by molar-refractivity contribution is -0.122. The summed E-state index contributed by atoms with van der Waals surface area (Å²) in [6.45, 7) is 1.13. The summed E-state index contributed by atoms with van der Waals surface area (Å²) in [6, 6.07) is 9.95. The highest BCUT2D eigenvalue weighted by Crippen LogP contribution is 2.31. The van der Waals surface area contributed by atoms with Crippen molar-refractivity contribution >= 4 is 5.91 Å². The molecule has 1 saturated heterocycles. The second-order valence-corrected chi connectivity index (χ2v) is 6.69. The Morgan fingerprint density at radius 3 is 2.89 bits per heavy atom. The van der Waals surface area contributed by atoms with Gasteiger partial charge in [-0.1, -0.05) is 23.4 Å². The average molecular weight is 381 g/mol. The number of amides is 1. The zero-order chi connectivity index (χ0) is 19.3. The highest BCUT2D eigenvalue weighted by atomic mass is 19.1. The Hall–Kier alpha value is -3.13. The number of carbonyl (C=O) groups excluding carboxylic acids is 1. The van der Waals surface area contributed by atoms with Gasteiger partial charge < -0.3 is 9.84 Å². The van der Waals surface area contributed by atoms with Gasteiger partial charge in [-0.25, -0.2) is 4.39 Å². The molecule has 1 aliphatic rings. The zero-order valence-corrected chi connectivity index (χ0v) is 15.2. The van der Waals surface area contributed by atoms with Gasteiger partial charge in [0.2, 0.25) is 17.6 Å². The molecule has 1 aromatic carbocycles. The maximum Gasteiger partial charge on any atom is 0.244 e. The third-order valence-electron chi connectivity index (χ3n) is 4.81. The normalized spacial score (nSPS) is 17.0. The first-order valence-electron chi connectivity index (χ1n) is 9.19. The number of likely N-dealkylation sites (tertiary alicyclic amines) is 1. The molecule has 144 valence electrons. The van der Waals surface area contributed by atoms with Crippen molar-refractivity contribution in [3.8, 4) is 11.4 Å². The average Bonchev–Trinajstić information content (AvgIpc) is 3.37. The number of rotatable bonds is 6. The molecule has 1 atom stereocenters. The number of nitrogens with zero attached hydrogens (tertiary/aromatic N) is 4. The number of carbonyl (C=O) groups is 1. The quantitative estimate of drug-likeness (QED) is 0.707. The van der Waals surface area contributed by atoms with Gasteiger partial charge in [-0.05, 0) is 37.6 Å². The summed E-state index contributed by atoms with van der Waals surface area (Å²) in [6.07, 6.45) is 5.14. The molecule has 1 N–H and O–H groups in total. The summed E-state index contributed by atoms with van der Waals surface area (Å²) >= 11 is 0. The van der Waals surface area contributed by atoms with Gasteiger partial charge in [0, 0.05) is 30.1 Å². The number of hydrogen-bond acceptors (Lipinski definition) is 6. The molecule has 3 heterocycles. The van der Waals surface area contributed by atoms with Crippen LogP contribution in [-0.4, -0.2) is 39.0 Å². The number of benzene rings is 1. The Labute approximate surface area is 161 Å². The van der Waals surface area contributed by atoms with Crippen molar-refractivity contribution < 1.29 is 13.7 Å². The topological polar surface area (TPSA) is 84.2 Å². The van der Waals surface area contributed by atoms with Crippen molar-refractivity contribution in [3.63, 3.8) is 0 Å². The van der Waals surface area contributed by atoms with Crippen LogP contribution < -0.4 is 5.32 Å². The number of halogens is 1. The standard InChI is InChI=1S/C20H20FN5O2/c21-16-5-2-1-4-15(16)12-23-18(27)13-26-11-3-6-17(26)20-24-19(25-28-20)14-7-9-22-10-8-14/h1-2,4-5,7-10,17H,3,6,11-13H2,(H,23,27)/t17-/m1/s1. The molecule has 0 aliphatic carbocycles. The number of hydrogen-bond donors (Lipinski definition) is 1. The highest BCUT2D eigenvalue weighted by molar-refractivity contribution is 5.78. The molecule has 1 aliphatic heterocycles. The van der Waals surface area contributed by atoms with Crippen molar-refractivity contribution in [2.45, 2.75) is 25.4 Å². The van der Waals surface area contributed by atoms with Crippen LogP contribution in [0.15, 0.2) is 53.3 Å². The van der Waals surface area contributed by atoms with E-state index in [0.717, 1.165) is 24.9 Å². The predicted molar refractivity (Wildman–Crippen MR) is 99.3 cm³/mol. The molecule has 1 amide bonds. The number of aromatic nitrogens is 3. The lowest BCUT2D eigenvalue weighted by atomic mass is 10.2. The fourth-order valence-corrected chi connectivity index (χ4v) is 3.36. The third-order valence-corrected chi connectivity index (χ3v) is 4.81. The molecule has 4 rings (SSSR count). The maximum atomic E-state index is 13.7. The minimum Gasteiger partial charge on any atom is -0.351 e. The molecular weight excluding hydrogens is 361 g/mol. The van der Waals surface area contributed by atoms with Gasteiger partial charge in [0.15, 0.2) is 0 Å². The maximum absolute atomic E-state index is 13.7. The summed E-state index contributed by atoms with van der Waals surface area (Å²) in [5.41, 5.74) is 1.30. The fraction of sp³-hybridized carbons (Fsp3) is 0.300. The van der Waals surface area contributed by atoms with Crippen molar-refractivity contribution in [2.75, 3.05) is 13.1 Å². The molecule has 3 aromatic rings. The number of nitrogens with one attached hydrogen (secondary N) is 1. The second-order valence-electron chi connectivity index (χ2n) is 6.69. The van der Waals surface area contributed by atoms with Gasteiger partial charge in [-0.3, -0.25) is 14.7 Å². The van der Waals surface area contributed by atoms with Crippen LogP contribution in [0.3, 0.4) is 0 Å². The Morgan fingerprint density at radius 2 is 2.07 bits per heavy atom. The summed E-state index contributed by atoms with van der Waals surface area (Å²) < 4.78 is 19.1. The first-order valence-corrected chi connectivity index (χ1v) is 9.19. The van der Waals surface area contributed by atoms with E-state index >= 15 is 0 Å². The minimum atomic E-state index is -0.323. The molecule has 0 unspecified atom stereocenters. The van der Waals surface area contributed by atoms with Gasteiger partial charge in [0.1, 0.15) is 5.82 Å². The summed E-state index contributed by atoms with van der Waals surface area (Å²) in [7, 11) is 0. The molecule has 0 spiro atoms. The SMILES string of the molecule is O=C(CN1CCC[C@@H]1c1nc(-c2ccncc2)no1)NCc1ccccc1F. The van der Waals surface area contributed by atoms with Gasteiger partial charge in [0.05, 0.1) is 12.6 Å². The lowest BCUT2D eigenvalue weighted by Crippen LogP contribution is -2.36. The van der Waals surface area contributed by atoms with Crippen LogP contribution in [0.25, 0.3) is 11.4 Å². The van der Waals surface area contributed by atoms with E-state index in [1.54, 1.807) is 30.6 Å². The van der Waals surface area contributed by atoms with Crippen LogP contribution in [0.5, 0.6) is 0 Å². The van der Waals surface area contributed by atoms with Crippen molar-refractivity contribution in [1.29, 1.82) is 0 Å². The first kappa shape index (κ1) is 18.2. The number of pyridine rings is 1. The third kappa shape index (κ3) is 4.07. The highest BCUT2D eigenvalue weighted by Gasteiger charge is 2.32. The lowest BCUT2D eigenvalue weighted by Gasteiger charge is -2.20. The van der Waals surface area contributed by atoms with Crippen LogP contribution in [0.2, 0.25) is 0 Å². The molecule has 0 radical (unpaired) electrons. The van der Waals surface area contributed by atoms with Gasteiger partial charge in [0.25, 0.3) is 0 Å². The van der Waals surface area contributed by atoms with Crippen molar-refractivity contribution in [2.24, 2.45) is 0 Å². The van der Waals surface area contributed by atoms with Crippen LogP contribution in [-0.2, 0) is 11.3 Å². The molecule has 8 heteroatoms. The minimum absolute atomic E-state index is 0.0951. The van der Waals surface area contributed by atoms with E-state index in [1.807, 2.05) is 17.0 Å². The van der Waals surface area contributed by atoms with E-state index in [-0.39, 0.29) is 30.9 Å². The Morgan fingerprint density at radius 1 is 1.25 bits per heavy atom. The van der Waals surface area contributed by atoms with E-state index in [0.29, 0.717) is 17.3 Å². The van der Waals surface area contributed by atoms with Crippen molar-refractivity contribution in [1.82, 2.24) is 25.3 Å². The van der Waals surface area contributed by atoms with Crippen LogP contribution >= 0.6 is 0 Å². The summed E-state index contributed by atoms with van der Waals surface area (Å²) in [5.74, 6) is 0.528. The summed E-state index contributed by atoms with van der Waals surface area (Å²) in [4.78, 5) is 22.8. The fourth-order valence-electron chi connectivity index (χ4n) is 3.36. The van der Waals surface area contributed by atoms with E-state index in [1.165, 1.54) is 6.07 Å². The van der Waals surface area contributed by atoms with Crippen LogP contribution in [0.1, 0.15) is 30.3 Å². The predicted octanol–water partition coefficient (Wildman–Crippen LogP) is 2.72. The Bertz CT molecular complexity index is 947.